The van der Waals surface area contributed by atoms with E-state index in [4.69, 9.17) is 5.10 Å². The highest BCUT2D eigenvalue weighted by atomic mass is 16.1. The predicted octanol–water partition coefficient (Wildman–Crippen LogP) is 3.13. The molecule has 3 aromatic rings. The first kappa shape index (κ1) is 17.8. The number of aryl methyl sites for hydroxylation is 1. The summed E-state index contributed by atoms with van der Waals surface area (Å²) in [6.45, 7) is 8.25. The smallest absolute Gasteiger partial charge is 0.248 e. The van der Waals surface area contributed by atoms with Crippen molar-refractivity contribution in [2.45, 2.75) is 46.6 Å². The van der Waals surface area contributed by atoms with Crippen LogP contribution in [-0.4, -0.2) is 35.8 Å². The number of para-hydroxylation sites is 1. The van der Waals surface area contributed by atoms with Crippen LogP contribution >= 0.6 is 0 Å². The highest BCUT2D eigenvalue weighted by molar-refractivity contribution is 6.00. The van der Waals surface area contributed by atoms with Crippen molar-refractivity contribution < 1.29 is 4.79 Å². The van der Waals surface area contributed by atoms with Gasteiger partial charge in [-0.1, -0.05) is 37.1 Å². The standard InChI is InChI=1S/C21H23N7O/c1-12-17(13(2)27(24-12)14-8-6-5-7-9-14)19-18-15(10-21(3,4)11-16(18)29)22-20-23-25-26-28(19)20/h5-9,19H,10-11H2,1-4H3,(H,22,23,26)/t19-/m1/s1. The Bertz CT molecular complexity index is 1150. The largest absolute Gasteiger partial charge is 0.326 e. The summed E-state index contributed by atoms with van der Waals surface area (Å²) in [4.78, 5) is 13.3. The third-order valence-electron chi connectivity index (χ3n) is 5.81. The second-order valence-electron chi connectivity index (χ2n) is 8.64. The zero-order chi connectivity index (χ0) is 20.3. The fraction of sp³-hybridized carbons (Fsp3) is 0.381. The number of nitrogens with zero attached hydrogens (tertiary/aromatic N) is 6. The molecule has 2 aromatic heterocycles. The van der Waals surface area contributed by atoms with Gasteiger partial charge in [-0.15, -0.1) is 0 Å². The lowest BCUT2D eigenvalue weighted by Gasteiger charge is -2.37. The second-order valence-corrected chi connectivity index (χ2v) is 8.64. The summed E-state index contributed by atoms with van der Waals surface area (Å²) < 4.78 is 3.63. The summed E-state index contributed by atoms with van der Waals surface area (Å²) >= 11 is 0. The molecule has 0 amide bonds. The molecule has 8 nitrogen and oxygen atoms in total. The van der Waals surface area contributed by atoms with Crippen LogP contribution in [0.1, 0.15) is 49.7 Å². The van der Waals surface area contributed by atoms with Crippen LogP contribution in [0.5, 0.6) is 0 Å². The first-order valence-electron chi connectivity index (χ1n) is 9.78. The summed E-state index contributed by atoms with van der Waals surface area (Å²) in [7, 11) is 0. The fourth-order valence-corrected chi connectivity index (χ4v) is 4.61. The average molecular weight is 389 g/mol. The van der Waals surface area contributed by atoms with Gasteiger partial charge in [0.2, 0.25) is 5.95 Å². The van der Waals surface area contributed by atoms with Gasteiger partial charge >= 0.3 is 0 Å². The van der Waals surface area contributed by atoms with Gasteiger partial charge < -0.3 is 5.32 Å². The number of rotatable bonds is 2. The van der Waals surface area contributed by atoms with Crippen LogP contribution in [0, 0.1) is 19.3 Å². The van der Waals surface area contributed by atoms with Gasteiger partial charge in [-0.05, 0) is 48.2 Å². The molecule has 1 aromatic carbocycles. The molecule has 29 heavy (non-hydrogen) atoms. The SMILES string of the molecule is Cc1nn(-c2ccccc2)c(C)c1[C@@H]1C2=C(CC(C)(C)CC2=O)Nc2nnnn21. The van der Waals surface area contributed by atoms with Crippen LogP contribution in [0.3, 0.4) is 0 Å². The molecule has 0 saturated carbocycles. The molecule has 0 spiro atoms. The molecule has 5 rings (SSSR count). The Labute approximate surface area is 168 Å². The lowest BCUT2D eigenvalue weighted by Crippen LogP contribution is -2.37. The number of carbonyl (C=O) groups excluding carboxylic acids is 1. The number of hydrogen-bond acceptors (Lipinski definition) is 6. The molecule has 0 bridgehead atoms. The normalized spacial score (nSPS) is 20.3. The number of tetrazole rings is 1. The number of nitrogens with one attached hydrogen (secondary N) is 1. The minimum absolute atomic E-state index is 0.0958. The Morgan fingerprint density at radius 3 is 2.66 bits per heavy atom. The highest BCUT2D eigenvalue weighted by Crippen LogP contribution is 2.46. The Hall–Kier alpha value is -3.29. The molecule has 1 N–H and O–H groups in total. The highest BCUT2D eigenvalue weighted by Gasteiger charge is 2.43. The Morgan fingerprint density at radius 2 is 1.90 bits per heavy atom. The van der Waals surface area contributed by atoms with E-state index in [0.717, 1.165) is 40.3 Å². The van der Waals surface area contributed by atoms with Crippen molar-refractivity contribution in [2.24, 2.45) is 5.41 Å². The van der Waals surface area contributed by atoms with Crippen molar-refractivity contribution in [2.75, 3.05) is 5.32 Å². The van der Waals surface area contributed by atoms with Crippen molar-refractivity contribution in [3.8, 4) is 5.69 Å². The zero-order valence-electron chi connectivity index (χ0n) is 17.0. The van der Waals surface area contributed by atoms with Crippen molar-refractivity contribution in [3.63, 3.8) is 0 Å². The Balaban J connectivity index is 1.72. The van der Waals surface area contributed by atoms with Crippen LogP contribution in [0.15, 0.2) is 41.6 Å². The number of allylic oxidation sites excluding steroid dienone is 2. The molecular formula is C21H23N7O. The number of hydrogen-bond donors (Lipinski definition) is 1. The maximum absolute atomic E-state index is 13.3. The molecule has 0 unspecified atom stereocenters. The van der Waals surface area contributed by atoms with E-state index in [-0.39, 0.29) is 17.2 Å². The second kappa shape index (κ2) is 6.10. The molecule has 1 aliphatic carbocycles. The number of fused-ring (bicyclic) bond motifs is 1. The van der Waals surface area contributed by atoms with E-state index in [1.54, 1.807) is 4.68 Å². The van der Waals surface area contributed by atoms with Crippen molar-refractivity contribution in [3.05, 3.63) is 58.6 Å². The van der Waals surface area contributed by atoms with Crippen molar-refractivity contribution >= 4 is 11.7 Å². The van der Waals surface area contributed by atoms with Gasteiger partial charge in [-0.3, -0.25) is 4.79 Å². The lowest BCUT2D eigenvalue weighted by atomic mass is 9.73. The van der Waals surface area contributed by atoms with E-state index in [2.05, 4.69) is 34.7 Å². The van der Waals surface area contributed by atoms with Gasteiger partial charge in [-0.2, -0.15) is 9.78 Å². The summed E-state index contributed by atoms with van der Waals surface area (Å²) in [5, 5.41) is 20.3. The van der Waals surface area contributed by atoms with Crippen LogP contribution < -0.4 is 5.32 Å². The zero-order valence-corrected chi connectivity index (χ0v) is 17.0. The molecule has 0 radical (unpaired) electrons. The number of anilines is 1. The van der Waals surface area contributed by atoms with Crippen LogP contribution in [0.25, 0.3) is 5.69 Å². The predicted molar refractivity (Wildman–Crippen MR) is 108 cm³/mol. The topological polar surface area (TPSA) is 90.5 Å². The molecule has 1 atom stereocenters. The van der Waals surface area contributed by atoms with Crippen molar-refractivity contribution in [1.29, 1.82) is 0 Å². The summed E-state index contributed by atoms with van der Waals surface area (Å²) in [5.41, 5.74) is 5.38. The molecule has 8 heteroatoms. The van der Waals surface area contributed by atoms with Gasteiger partial charge in [0.1, 0.15) is 6.04 Å². The van der Waals surface area contributed by atoms with Crippen LogP contribution in [0.2, 0.25) is 0 Å². The molecule has 1 aliphatic heterocycles. The molecule has 3 heterocycles. The average Bonchev–Trinajstić information content (AvgIpc) is 3.24. The monoisotopic (exact) mass is 389 g/mol. The van der Waals surface area contributed by atoms with E-state index in [0.29, 0.717) is 12.4 Å². The van der Waals surface area contributed by atoms with E-state index >= 15 is 0 Å². The minimum atomic E-state index is -0.377. The number of aromatic nitrogens is 6. The van der Waals surface area contributed by atoms with Crippen LogP contribution in [0.4, 0.5) is 5.95 Å². The minimum Gasteiger partial charge on any atom is -0.326 e. The number of ketones is 1. The van der Waals surface area contributed by atoms with E-state index in [1.807, 2.05) is 48.9 Å². The summed E-state index contributed by atoms with van der Waals surface area (Å²) in [5.74, 6) is 0.701. The quantitative estimate of drug-likeness (QED) is 0.724. The third-order valence-corrected chi connectivity index (χ3v) is 5.81. The van der Waals surface area contributed by atoms with Gasteiger partial charge in [0, 0.05) is 28.9 Å². The van der Waals surface area contributed by atoms with Crippen LogP contribution in [-0.2, 0) is 4.79 Å². The maximum atomic E-state index is 13.3. The van der Waals surface area contributed by atoms with Gasteiger partial charge in [0.25, 0.3) is 0 Å². The summed E-state index contributed by atoms with van der Waals surface area (Å²) in [6.07, 6.45) is 1.29. The third kappa shape index (κ3) is 2.70. The number of carbonyl (C=O) groups is 1. The first-order chi connectivity index (χ1) is 13.9. The molecule has 0 fully saturated rings. The Kier molecular flexibility index (Phi) is 3.74. The summed E-state index contributed by atoms with van der Waals surface area (Å²) in [6, 6.07) is 9.62. The Morgan fingerprint density at radius 1 is 1.14 bits per heavy atom. The molecule has 148 valence electrons. The van der Waals surface area contributed by atoms with Gasteiger partial charge in [0.15, 0.2) is 5.78 Å². The van der Waals surface area contributed by atoms with Gasteiger partial charge in [0.05, 0.1) is 11.4 Å². The number of Topliss-reactive ketones (excluding diaryl/α,β-unsaturated/α-hetero) is 1. The van der Waals surface area contributed by atoms with Crippen molar-refractivity contribution in [1.82, 2.24) is 30.0 Å². The molecule has 2 aliphatic rings. The lowest BCUT2D eigenvalue weighted by molar-refractivity contribution is -0.118. The molecule has 0 saturated heterocycles. The number of benzene rings is 1. The van der Waals surface area contributed by atoms with E-state index in [9.17, 15) is 4.79 Å². The van der Waals surface area contributed by atoms with E-state index < -0.39 is 0 Å². The first-order valence-corrected chi connectivity index (χ1v) is 9.78. The van der Waals surface area contributed by atoms with Gasteiger partial charge in [-0.25, -0.2) is 4.68 Å². The molecular weight excluding hydrogens is 366 g/mol. The van der Waals surface area contributed by atoms with E-state index in [1.165, 1.54) is 0 Å². The maximum Gasteiger partial charge on any atom is 0.248 e. The fourth-order valence-electron chi connectivity index (χ4n) is 4.61.